The van der Waals surface area contributed by atoms with Crippen LogP contribution in [0.25, 0.3) is 0 Å². The van der Waals surface area contributed by atoms with Crippen LogP contribution in [0.5, 0.6) is 17.2 Å². The maximum absolute atomic E-state index is 12.9. The zero-order chi connectivity index (χ0) is 19.6. The third kappa shape index (κ3) is 3.83. The average Bonchev–Trinajstić information content (AvgIpc) is 2.98. The maximum atomic E-state index is 12.9. The van der Waals surface area contributed by atoms with Gasteiger partial charge in [0.05, 0.1) is 10.5 Å². The van der Waals surface area contributed by atoms with E-state index >= 15 is 0 Å². The predicted octanol–water partition coefficient (Wildman–Crippen LogP) is 3.20. The minimum atomic E-state index is -3.63. The SMILES string of the molecule is O=C(Oc1ccc2c(c1)OCO2)c1cccc(S(=O)(=O)N2CCCCCC2)c1. The van der Waals surface area contributed by atoms with Crippen LogP contribution >= 0.6 is 0 Å². The Morgan fingerprint density at radius 1 is 0.929 bits per heavy atom. The van der Waals surface area contributed by atoms with E-state index in [4.69, 9.17) is 14.2 Å². The summed E-state index contributed by atoms with van der Waals surface area (Å²) in [5.74, 6) is 0.759. The van der Waals surface area contributed by atoms with Crippen LogP contribution in [0.15, 0.2) is 47.4 Å². The minimum absolute atomic E-state index is 0.106. The van der Waals surface area contributed by atoms with Crippen LogP contribution in [0.4, 0.5) is 0 Å². The predicted molar refractivity (Wildman–Crippen MR) is 101 cm³/mol. The highest BCUT2D eigenvalue weighted by atomic mass is 32.2. The average molecular weight is 403 g/mol. The highest BCUT2D eigenvalue weighted by Crippen LogP contribution is 2.35. The van der Waals surface area contributed by atoms with Crippen molar-refractivity contribution in [3.8, 4) is 17.2 Å². The number of fused-ring (bicyclic) bond motifs is 1. The molecule has 0 saturated carbocycles. The fourth-order valence-electron chi connectivity index (χ4n) is 3.32. The van der Waals surface area contributed by atoms with Gasteiger partial charge in [0, 0.05) is 19.2 Å². The lowest BCUT2D eigenvalue weighted by Gasteiger charge is -2.20. The Bertz CT molecular complexity index is 980. The Hall–Kier alpha value is -2.58. The van der Waals surface area contributed by atoms with Gasteiger partial charge in [0.25, 0.3) is 0 Å². The summed E-state index contributed by atoms with van der Waals surface area (Å²) in [7, 11) is -3.63. The fourth-order valence-corrected chi connectivity index (χ4v) is 4.88. The van der Waals surface area contributed by atoms with Gasteiger partial charge in [-0.05, 0) is 43.2 Å². The summed E-state index contributed by atoms with van der Waals surface area (Å²) in [5.41, 5.74) is 0.175. The topological polar surface area (TPSA) is 82.1 Å². The summed E-state index contributed by atoms with van der Waals surface area (Å²) < 4.78 is 43.3. The number of nitrogens with zero attached hydrogens (tertiary/aromatic N) is 1. The van der Waals surface area contributed by atoms with Crippen molar-refractivity contribution >= 4 is 16.0 Å². The largest absolute Gasteiger partial charge is 0.454 e. The van der Waals surface area contributed by atoms with E-state index in [1.807, 2.05) is 0 Å². The lowest BCUT2D eigenvalue weighted by Crippen LogP contribution is -2.32. The number of ether oxygens (including phenoxy) is 3. The molecule has 0 spiro atoms. The first-order valence-electron chi connectivity index (χ1n) is 9.26. The van der Waals surface area contributed by atoms with Gasteiger partial charge >= 0.3 is 5.97 Å². The van der Waals surface area contributed by atoms with Crippen molar-refractivity contribution in [1.29, 1.82) is 0 Å². The van der Waals surface area contributed by atoms with Crippen LogP contribution in [-0.2, 0) is 10.0 Å². The maximum Gasteiger partial charge on any atom is 0.343 e. The van der Waals surface area contributed by atoms with E-state index < -0.39 is 16.0 Å². The molecule has 28 heavy (non-hydrogen) atoms. The standard InChI is InChI=1S/C20H21NO6S/c22-20(27-16-8-9-18-19(13-16)26-14-25-18)15-6-5-7-17(12-15)28(23,24)21-10-3-1-2-4-11-21/h5-9,12-13H,1-4,10-11,14H2. The molecule has 7 nitrogen and oxygen atoms in total. The molecule has 2 aliphatic heterocycles. The first-order valence-corrected chi connectivity index (χ1v) is 10.7. The van der Waals surface area contributed by atoms with E-state index in [9.17, 15) is 13.2 Å². The Labute approximate surface area is 163 Å². The molecule has 2 aliphatic rings. The quantitative estimate of drug-likeness (QED) is 0.576. The van der Waals surface area contributed by atoms with Gasteiger partial charge in [-0.25, -0.2) is 13.2 Å². The summed E-state index contributed by atoms with van der Waals surface area (Å²) in [6.45, 7) is 1.14. The number of carbonyl (C=O) groups excluding carboxylic acids is 1. The van der Waals surface area contributed by atoms with Crippen LogP contribution < -0.4 is 14.2 Å². The molecule has 0 amide bonds. The van der Waals surface area contributed by atoms with Crippen molar-refractivity contribution in [2.75, 3.05) is 19.9 Å². The van der Waals surface area contributed by atoms with Gasteiger partial charge in [-0.1, -0.05) is 18.9 Å². The van der Waals surface area contributed by atoms with E-state index in [0.717, 1.165) is 25.7 Å². The monoisotopic (exact) mass is 403 g/mol. The van der Waals surface area contributed by atoms with Gasteiger partial charge in [-0.2, -0.15) is 4.31 Å². The van der Waals surface area contributed by atoms with Crippen molar-refractivity contribution < 1.29 is 27.4 Å². The number of carbonyl (C=O) groups is 1. The third-order valence-corrected chi connectivity index (χ3v) is 6.72. The van der Waals surface area contributed by atoms with Crippen molar-refractivity contribution in [2.45, 2.75) is 30.6 Å². The number of sulfonamides is 1. The number of hydrogen-bond acceptors (Lipinski definition) is 6. The van der Waals surface area contributed by atoms with Crippen LogP contribution in [0.3, 0.4) is 0 Å². The molecule has 1 saturated heterocycles. The molecule has 0 bridgehead atoms. The van der Waals surface area contributed by atoms with Crippen LogP contribution in [0.2, 0.25) is 0 Å². The Kier molecular flexibility index (Phi) is 5.23. The molecule has 8 heteroatoms. The van der Waals surface area contributed by atoms with Crippen LogP contribution in [0.1, 0.15) is 36.0 Å². The molecular formula is C20H21NO6S. The summed E-state index contributed by atoms with van der Waals surface area (Å²) >= 11 is 0. The molecule has 0 N–H and O–H groups in total. The molecule has 0 aromatic heterocycles. The van der Waals surface area contributed by atoms with Gasteiger partial charge in [-0.15, -0.1) is 0 Å². The van der Waals surface area contributed by atoms with Crippen molar-refractivity contribution in [3.05, 3.63) is 48.0 Å². The van der Waals surface area contributed by atoms with Crippen molar-refractivity contribution in [3.63, 3.8) is 0 Å². The Balaban J connectivity index is 1.53. The smallest absolute Gasteiger partial charge is 0.343 e. The first-order chi connectivity index (χ1) is 13.5. The van der Waals surface area contributed by atoms with Crippen molar-refractivity contribution in [1.82, 2.24) is 4.31 Å². The normalized spacial score (nSPS) is 17.1. The van der Waals surface area contributed by atoms with E-state index in [0.29, 0.717) is 30.3 Å². The molecular weight excluding hydrogens is 382 g/mol. The van der Waals surface area contributed by atoms with E-state index in [1.54, 1.807) is 24.3 Å². The zero-order valence-corrected chi connectivity index (χ0v) is 16.1. The first kappa shape index (κ1) is 18.8. The fraction of sp³-hybridized carbons (Fsp3) is 0.350. The van der Waals surface area contributed by atoms with E-state index in [1.165, 1.54) is 22.5 Å². The molecule has 2 aromatic rings. The molecule has 1 fully saturated rings. The summed E-state index contributed by atoms with van der Waals surface area (Å²) in [5, 5.41) is 0. The second-order valence-corrected chi connectivity index (χ2v) is 8.69. The zero-order valence-electron chi connectivity index (χ0n) is 15.3. The minimum Gasteiger partial charge on any atom is -0.454 e. The van der Waals surface area contributed by atoms with Gasteiger partial charge < -0.3 is 14.2 Å². The van der Waals surface area contributed by atoms with E-state index in [-0.39, 0.29) is 17.3 Å². The number of esters is 1. The summed E-state index contributed by atoms with van der Waals surface area (Å²) in [6.07, 6.45) is 3.78. The van der Waals surface area contributed by atoms with Crippen LogP contribution in [-0.4, -0.2) is 38.6 Å². The molecule has 2 heterocycles. The van der Waals surface area contributed by atoms with Gasteiger partial charge in [0.1, 0.15) is 5.75 Å². The van der Waals surface area contributed by atoms with Gasteiger partial charge in [0.15, 0.2) is 11.5 Å². The molecule has 4 rings (SSSR count). The Morgan fingerprint density at radius 2 is 1.68 bits per heavy atom. The highest BCUT2D eigenvalue weighted by molar-refractivity contribution is 7.89. The molecule has 0 atom stereocenters. The molecule has 0 radical (unpaired) electrons. The van der Waals surface area contributed by atoms with E-state index in [2.05, 4.69) is 0 Å². The van der Waals surface area contributed by atoms with Gasteiger partial charge in [0.2, 0.25) is 16.8 Å². The summed E-state index contributed by atoms with van der Waals surface area (Å²) in [4.78, 5) is 12.6. The van der Waals surface area contributed by atoms with Crippen LogP contribution in [0, 0.1) is 0 Å². The third-order valence-electron chi connectivity index (χ3n) is 4.83. The molecule has 2 aromatic carbocycles. The molecule has 0 aliphatic carbocycles. The summed E-state index contributed by atoms with van der Waals surface area (Å²) in [6, 6.07) is 10.8. The molecule has 0 unspecified atom stereocenters. The molecule has 148 valence electrons. The lowest BCUT2D eigenvalue weighted by atomic mass is 10.2. The van der Waals surface area contributed by atoms with Crippen molar-refractivity contribution in [2.24, 2.45) is 0 Å². The number of benzene rings is 2. The Morgan fingerprint density at radius 3 is 2.46 bits per heavy atom. The second kappa shape index (κ2) is 7.81. The second-order valence-electron chi connectivity index (χ2n) is 6.75. The lowest BCUT2D eigenvalue weighted by molar-refractivity contribution is 0.0734. The van der Waals surface area contributed by atoms with Gasteiger partial charge in [-0.3, -0.25) is 0 Å². The number of rotatable bonds is 4. The highest BCUT2D eigenvalue weighted by Gasteiger charge is 2.26. The number of hydrogen-bond donors (Lipinski definition) is 0.